The second-order valence-corrected chi connectivity index (χ2v) is 9.46. The number of ether oxygens (including phenoxy) is 1. The highest BCUT2D eigenvalue weighted by Crippen LogP contribution is 2.49. The Hall–Kier alpha value is -3.22. The van der Waals surface area contributed by atoms with E-state index in [0.717, 1.165) is 41.6 Å². The van der Waals surface area contributed by atoms with Gasteiger partial charge in [-0.3, -0.25) is 4.79 Å². The molecule has 7 heteroatoms. The van der Waals surface area contributed by atoms with Gasteiger partial charge in [-0.1, -0.05) is 12.8 Å². The average Bonchev–Trinajstić information content (AvgIpc) is 3.42. The molecule has 4 atom stereocenters. The van der Waals surface area contributed by atoms with Crippen LogP contribution in [0.25, 0.3) is 33.3 Å². The number of nitrogens with zero attached hydrogens (tertiary/aromatic N) is 3. The topological polar surface area (TPSA) is 72.8 Å². The first kappa shape index (κ1) is 20.4. The number of hydrogen-bond acceptors (Lipinski definition) is 4. The number of pyridine rings is 2. The van der Waals surface area contributed by atoms with Gasteiger partial charge in [-0.05, 0) is 62.3 Å². The van der Waals surface area contributed by atoms with Crippen LogP contribution < -0.4 is 0 Å². The molecule has 2 saturated carbocycles. The lowest BCUT2D eigenvalue weighted by atomic mass is 9.65. The summed E-state index contributed by atoms with van der Waals surface area (Å²) >= 11 is 0. The Bertz CT molecular complexity index is 1340. The summed E-state index contributed by atoms with van der Waals surface area (Å²) in [6.07, 6.45) is 10.7. The van der Waals surface area contributed by atoms with Crippen LogP contribution in [0.3, 0.4) is 0 Å². The lowest BCUT2D eigenvalue weighted by Crippen LogP contribution is -2.41. The maximum atomic E-state index is 13.9. The van der Waals surface area contributed by atoms with Gasteiger partial charge in [0.1, 0.15) is 17.1 Å². The van der Waals surface area contributed by atoms with Crippen LogP contribution >= 0.6 is 0 Å². The number of carbonyl (C=O) groups excluding carboxylic acids is 1. The summed E-state index contributed by atoms with van der Waals surface area (Å²) in [6, 6.07) is 7.60. The molecule has 2 aliphatic carbocycles. The fourth-order valence-electron chi connectivity index (χ4n) is 6.20. The Labute approximate surface area is 191 Å². The van der Waals surface area contributed by atoms with Gasteiger partial charge in [-0.15, -0.1) is 0 Å². The number of H-pyrrole nitrogens is 1. The zero-order valence-corrected chi connectivity index (χ0v) is 18.6. The summed E-state index contributed by atoms with van der Waals surface area (Å²) < 4.78 is 21.6. The van der Waals surface area contributed by atoms with Crippen molar-refractivity contribution in [1.29, 1.82) is 0 Å². The Morgan fingerprint density at radius 2 is 2.18 bits per heavy atom. The monoisotopic (exact) mass is 446 g/mol. The van der Waals surface area contributed by atoms with E-state index in [0.29, 0.717) is 29.5 Å². The summed E-state index contributed by atoms with van der Waals surface area (Å²) in [5.41, 5.74) is 3.06. The molecule has 170 valence electrons. The van der Waals surface area contributed by atoms with Gasteiger partial charge < -0.3 is 14.3 Å². The van der Waals surface area contributed by atoms with Crippen LogP contribution in [0.4, 0.5) is 4.39 Å². The molecule has 6 rings (SSSR count). The minimum atomic E-state index is -0.376. The fraction of sp³-hybridized carbons (Fsp3) is 0.423. The SMILES string of the molecule is CCOC(=O)[C@@H]1CC2CCCC(C2)[C@H]1n1ccc2ccc(-c3c[nH]c4ncc(F)cc34)nc21. The van der Waals surface area contributed by atoms with Gasteiger partial charge in [0.15, 0.2) is 0 Å². The zero-order chi connectivity index (χ0) is 22.5. The number of esters is 1. The van der Waals surface area contributed by atoms with Gasteiger partial charge in [0.2, 0.25) is 0 Å². The molecule has 4 aromatic rings. The van der Waals surface area contributed by atoms with Gasteiger partial charge in [-0.25, -0.2) is 14.4 Å². The summed E-state index contributed by atoms with van der Waals surface area (Å²) in [5, 5.41) is 1.74. The first-order valence-corrected chi connectivity index (χ1v) is 11.9. The summed E-state index contributed by atoms with van der Waals surface area (Å²) in [7, 11) is 0. The maximum Gasteiger partial charge on any atom is 0.311 e. The highest BCUT2D eigenvalue weighted by atomic mass is 19.1. The van der Waals surface area contributed by atoms with Crippen molar-refractivity contribution in [3.8, 4) is 11.3 Å². The first-order chi connectivity index (χ1) is 16.1. The van der Waals surface area contributed by atoms with E-state index in [2.05, 4.69) is 26.8 Å². The molecule has 0 spiro atoms. The van der Waals surface area contributed by atoms with E-state index >= 15 is 0 Å². The number of fused-ring (bicyclic) bond motifs is 4. The molecular weight excluding hydrogens is 419 g/mol. The highest BCUT2D eigenvalue weighted by Gasteiger charge is 2.45. The van der Waals surface area contributed by atoms with E-state index < -0.39 is 0 Å². The number of hydrogen-bond donors (Lipinski definition) is 1. The van der Waals surface area contributed by atoms with Crippen LogP contribution in [0.15, 0.2) is 42.9 Å². The van der Waals surface area contributed by atoms with Crippen molar-refractivity contribution in [3.05, 3.63) is 48.7 Å². The largest absolute Gasteiger partial charge is 0.466 e. The quantitative estimate of drug-likeness (QED) is 0.411. The summed E-state index contributed by atoms with van der Waals surface area (Å²) in [5.74, 6) is 0.434. The van der Waals surface area contributed by atoms with E-state index in [4.69, 9.17) is 9.72 Å². The van der Waals surface area contributed by atoms with Crippen LogP contribution in [-0.4, -0.2) is 32.1 Å². The van der Waals surface area contributed by atoms with E-state index in [1.54, 1.807) is 0 Å². The smallest absolute Gasteiger partial charge is 0.311 e. The molecular formula is C26H27FN4O2. The highest BCUT2D eigenvalue weighted by molar-refractivity contribution is 5.93. The molecule has 6 nitrogen and oxygen atoms in total. The molecule has 1 N–H and O–H groups in total. The van der Waals surface area contributed by atoms with Gasteiger partial charge in [0, 0.05) is 28.7 Å². The standard InChI is InChI=1S/C26H27FN4O2/c1-2-33-26(32)20-11-15-4-3-5-17(10-15)23(20)31-9-8-16-6-7-22(30-25(16)31)21-14-29-24-19(21)12-18(27)13-28-24/h6-9,12-15,17,20,23H,2-5,10-11H2,1H3,(H,28,29)/t15?,17?,20-,23-/m1/s1. The van der Waals surface area contributed by atoms with Crippen molar-refractivity contribution in [1.82, 2.24) is 19.5 Å². The van der Waals surface area contributed by atoms with Crippen molar-refractivity contribution < 1.29 is 13.9 Å². The molecule has 0 saturated heterocycles. The number of aromatic amines is 1. The molecule has 2 aliphatic rings. The average molecular weight is 447 g/mol. The molecule has 2 unspecified atom stereocenters. The number of halogens is 1. The molecule has 2 fully saturated rings. The van der Waals surface area contributed by atoms with Crippen LogP contribution in [0.5, 0.6) is 0 Å². The van der Waals surface area contributed by atoms with E-state index in [1.807, 2.05) is 25.3 Å². The fourth-order valence-corrected chi connectivity index (χ4v) is 6.20. The summed E-state index contributed by atoms with van der Waals surface area (Å²) in [4.78, 5) is 25.3. The molecule has 0 aromatic carbocycles. The van der Waals surface area contributed by atoms with E-state index in [9.17, 15) is 9.18 Å². The first-order valence-electron chi connectivity index (χ1n) is 11.9. The lowest BCUT2D eigenvalue weighted by molar-refractivity contribution is -0.153. The predicted octanol–water partition coefficient (Wildman–Crippen LogP) is 5.65. The third-order valence-corrected chi connectivity index (χ3v) is 7.55. The summed E-state index contributed by atoms with van der Waals surface area (Å²) in [6.45, 7) is 2.27. The second kappa shape index (κ2) is 7.97. The predicted molar refractivity (Wildman–Crippen MR) is 124 cm³/mol. The lowest BCUT2D eigenvalue weighted by Gasteiger charge is -2.44. The molecule has 4 aromatic heterocycles. The van der Waals surface area contributed by atoms with Crippen molar-refractivity contribution in [2.45, 2.75) is 45.1 Å². The Morgan fingerprint density at radius 3 is 3.06 bits per heavy atom. The Balaban J connectivity index is 1.46. The Morgan fingerprint density at radius 1 is 1.27 bits per heavy atom. The molecule has 0 radical (unpaired) electrons. The normalized spacial score (nSPS) is 24.9. The minimum absolute atomic E-state index is 0.0444. The van der Waals surface area contributed by atoms with Crippen molar-refractivity contribution >= 4 is 28.0 Å². The van der Waals surface area contributed by atoms with Crippen LogP contribution in [0.1, 0.15) is 45.1 Å². The number of aromatic nitrogens is 4. The van der Waals surface area contributed by atoms with Crippen LogP contribution in [0.2, 0.25) is 0 Å². The van der Waals surface area contributed by atoms with E-state index in [1.165, 1.54) is 25.1 Å². The van der Waals surface area contributed by atoms with Crippen LogP contribution in [-0.2, 0) is 9.53 Å². The third kappa shape index (κ3) is 3.41. The number of carbonyl (C=O) groups is 1. The van der Waals surface area contributed by atoms with Gasteiger partial charge in [0.25, 0.3) is 0 Å². The van der Waals surface area contributed by atoms with E-state index in [-0.39, 0.29) is 23.7 Å². The van der Waals surface area contributed by atoms with Gasteiger partial charge in [-0.2, -0.15) is 0 Å². The molecule has 2 bridgehead atoms. The van der Waals surface area contributed by atoms with Crippen molar-refractivity contribution in [3.63, 3.8) is 0 Å². The number of rotatable bonds is 4. The minimum Gasteiger partial charge on any atom is -0.466 e. The third-order valence-electron chi connectivity index (χ3n) is 7.55. The maximum absolute atomic E-state index is 13.9. The van der Waals surface area contributed by atoms with Gasteiger partial charge in [0.05, 0.1) is 30.5 Å². The van der Waals surface area contributed by atoms with Crippen molar-refractivity contribution in [2.24, 2.45) is 17.8 Å². The van der Waals surface area contributed by atoms with Gasteiger partial charge >= 0.3 is 5.97 Å². The second-order valence-electron chi connectivity index (χ2n) is 9.46. The number of nitrogens with one attached hydrogen (secondary N) is 1. The Kier molecular flexibility index (Phi) is 4.93. The van der Waals surface area contributed by atoms with Crippen LogP contribution in [0, 0.1) is 23.6 Å². The van der Waals surface area contributed by atoms with Crippen molar-refractivity contribution in [2.75, 3.05) is 6.61 Å². The molecule has 0 aliphatic heterocycles. The zero-order valence-electron chi connectivity index (χ0n) is 18.6. The molecule has 4 heterocycles. The molecule has 0 amide bonds. The molecule has 33 heavy (non-hydrogen) atoms.